The van der Waals surface area contributed by atoms with Gasteiger partial charge in [-0.2, -0.15) is 0 Å². The van der Waals surface area contributed by atoms with Crippen molar-refractivity contribution < 1.29 is 9.53 Å². The van der Waals surface area contributed by atoms with Gasteiger partial charge in [0.15, 0.2) is 0 Å². The molecule has 6 heteroatoms. The van der Waals surface area contributed by atoms with Crippen molar-refractivity contribution >= 4 is 28.3 Å². The minimum Gasteiger partial charge on any atom is -0.495 e. The number of hydrogen-bond acceptors (Lipinski definition) is 6. The van der Waals surface area contributed by atoms with Crippen molar-refractivity contribution in [2.24, 2.45) is 0 Å². The molecule has 0 aromatic heterocycles. The van der Waals surface area contributed by atoms with E-state index in [0.717, 1.165) is 30.2 Å². The Bertz CT molecular complexity index is 838. The molecule has 0 saturated carbocycles. The van der Waals surface area contributed by atoms with Gasteiger partial charge < -0.3 is 15.1 Å². The maximum atomic E-state index is 12.7. The molecule has 28 heavy (non-hydrogen) atoms. The minimum atomic E-state index is -0.239. The third-order valence-corrected chi connectivity index (χ3v) is 6.01. The number of aryl methyl sites for hydroxylation is 3. The summed E-state index contributed by atoms with van der Waals surface area (Å²) in [7, 11) is 1.68. The van der Waals surface area contributed by atoms with Crippen LogP contribution >= 0.6 is 11.8 Å². The lowest BCUT2D eigenvalue weighted by atomic mass is 10.1. The fraction of sp³-hybridized carbons (Fsp3) is 0.409. The van der Waals surface area contributed by atoms with Crippen LogP contribution in [-0.4, -0.2) is 49.2 Å². The van der Waals surface area contributed by atoms with E-state index in [1.165, 1.54) is 28.5 Å². The Morgan fingerprint density at radius 1 is 1.11 bits per heavy atom. The summed E-state index contributed by atoms with van der Waals surface area (Å²) in [5.41, 5.74) is 9.13. The summed E-state index contributed by atoms with van der Waals surface area (Å²) in [5, 5.41) is 2.21. The topological polar surface area (TPSA) is 44.8 Å². The number of thioether (sulfide) groups is 1. The van der Waals surface area contributed by atoms with Crippen molar-refractivity contribution in [3.05, 3.63) is 53.1 Å². The zero-order valence-corrected chi connectivity index (χ0v) is 18.1. The van der Waals surface area contributed by atoms with Crippen LogP contribution in [0.15, 0.2) is 36.4 Å². The molecule has 5 nitrogen and oxygen atoms in total. The molecular weight excluding hydrogens is 370 g/mol. The Kier molecular flexibility index (Phi) is 6.52. The third kappa shape index (κ3) is 4.45. The fourth-order valence-electron chi connectivity index (χ4n) is 3.45. The lowest BCUT2D eigenvalue weighted by Gasteiger charge is -2.41. The molecule has 1 N–H and O–H groups in total. The molecule has 0 bridgehead atoms. The number of methoxy groups -OCH3 is 1. The summed E-state index contributed by atoms with van der Waals surface area (Å²) in [6.45, 7) is 8.48. The molecule has 1 atom stereocenters. The number of ether oxygens (including phenoxy) is 1. The predicted molar refractivity (Wildman–Crippen MR) is 118 cm³/mol. The monoisotopic (exact) mass is 399 g/mol. The number of rotatable bonds is 5. The Labute approximate surface area is 172 Å². The molecule has 150 valence electrons. The summed E-state index contributed by atoms with van der Waals surface area (Å²) in [6, 6.07) is 12.4. The van der Waals surface area contributed by atoms with E-state index in [1.54, 1.807) is 7.11 Å². The fourth-order valence-corrected chi connectivity index (χ4v) is 3.92. The molecule has 1 aliphatic heterocycles. The van der Waals surface area contributed by atoms with Crippen LogP contribution in [0, 0.1) is 20.8 Å². The zero-order valence-electron chi connectivity index (χ0n) is 17.3. The number of carbonyl (C=O) groups excluding carboxylic acids is 1. The number of carbonyl (C=O) groups is 1. The second-order valence-electron chi connectivity index (χ2n) is 7.26. The van der Waals surface area contributed by atoms with Gasteiger partial charge in [0.2, 0.25) is 5.12 Å². The predicted octanol–water partition coefficient (Wildman–Crippen LogP) is 4.03. The molecule has 1 fully saturated rings. The van der Waals surface area contributed by atoms with Crippen molar-refractivity contribution in [3.8, 4) is 5.75 Å². The largest absolute Gasteiger partial charge is 0.495 e. The maximum Gasteiger partial charge on any atom is 0.209 e. The van der Waals surface area contributed by atoms with Gasteiger partial charge in [0.05, 0.1) is 12.8 Å². The quantitative estimate of drug-likeness (QED) is 0.819. The summed E-state index contributed by atoms with van der Waals surface area (Å²) >= 11 is 1.28. The van der Waals surface area contributed by atoms with Crippen LogP contribution in [0.5, 0.6) is 5.75 Å². The average Bonchev–Trinajstić information content (AvgIpc) is 2.70. The van der Waals surface area contributed by atoms with Gasteiger partial charge >= 0.3 is 0 Å². The first-order chi connectivity index (χ1) is 13.4. The molecule has 1 saturated heterocycles. The highest BCUT2D eigenvalue weighted by Crippen LogP contribution is 2.30. The first-order valence-corrected chi connectivity index (χ1v) is 10.7. The van der Waals surface area contributed by atoms with E-state index in [2.05, 4.69) is 66.4 Å². The maximum absolute atomic E-state index is 12.7. The van der Waals surface area contributed by atoms with Crippen LogP contribution in [0.2, 0.25) is 0 Å². The van der Waals surface area contributed by atoms with E-state index in [0.29, 0.717) is 6.54 Å². The van der Waals surface area contributed by atoms with Crippen molar-refractivity contribution in [1.29, 1.82) is 0 Å². The van der Waals surface area contributed by atoms with Crippen LogP contribution in [0.3, 0.4) is 0 Å². The number of nitrogens with one attached hydrogen (secondary N) is 1. The Hall–Kier alpha value is -2.18. The lowest BCUT2D eigenvalue weighted by Crippen LogP contribution is -2.57. The van der Waals surface area contributed by atoms with E-state index < -0.39 is 0 Å². The number of hydrogen-bond donors (Lipinski definition) is 1. The summed E-state index contributed by atoms with van der Waals surface area (Å²) < 4.78 is 5.56. The molecule has 1 aliphatic rings. The highest BCUT2D eigenvalue weighted by atomic mass is 32.2. The van der Waals surface area contributed by atoms with Gasteiger partial charge in [0.25, 0.3) is 0 Å². The van der Waals surface area contributed by atoms with Gasteiger partial charge in [-0.15, -0.1) is 0 Å². The SMILES string of the molecule is COc1cc(C)c(C)cc1NN1CCN(c2ccc(C)cc2)CC1C(=O)SC. The van der Waals surface area contributed by atoms with E-state index in [1.807, 2.05) is 12.3 Å². The molecule has 0 radical (unpaired) electrons. The molecule has 0 amide bonds. The number of nitrogens with zero attached hydrogens (tertiary/aromatic N) is 2. The molecule has 2 aromatic carbocycles. The van der Waals surface area contributed by atoms with Crippen LogP contribution in [0.25, 0.3) is 0 Å². The summed E-state index contributed by atoms with van der Waals surface area (Å²) in [6.07, 6.45) is 1.85. The number of hydrazine groups is 1. The smallest absolute Gasteiger partial charge is 0.209 e. The Morgan fingerprint density at radius 3 is 2.43 bits per heavy atom. The van der Waals surface area contributed by atoms with Gasteiger partial charge in [0, 0.05) is 25.3 Å². The first-order valence-electron chi connectivity index (χ1n) is 9.51. The Morgan fingerprint density at radius 2 is 1.79 bits per heavy atom. The Balaban J connectivity index is 1.82. The second-order valence-corrected chi connectivity index (χ2v) is 8.07. The summed E-state index contributed by atoms with van der Waals surface area (Å²) in [5.74, 6) is 0.791. The van der Waals surface area contributed by atoms with Crippen molar-refractivity contribution in [3.63, 3.8) is 0 Å². The average molecular weight is 400 g/mol. The van der Waals surface area contributed by atoms with Crippen LogP contribution in [0.4, 0.5) is 11.4 Å². The van der Waals surface area contributed by atoms with Crippen molar-refractivity contribution in [2.45, 2.75) is 26.8 Å². The van der Waals surface area contributed by atoms with Gasteiger partial charge in [-0.3, -0.25) is 4.79 Å². The minimum absolute atomic E-state index is 0.159. The number of benzene rings is 2. The molecule has 2 aromatic rings. The normalized spacial score (nSPS) is 17.5. The lowest BCUT2D eigenvalue weighted by molar-refractivity contribution is -0.115. The molecule has 1 heterocycles. The van der Waals surface area contributed by atoms with Crippen molar-refractivity contribution in [2.75, 3.05) is 43.3 Å². The van der Waals surface area contributed by atoms with E-state index in [4.69, 9.17) is 4.74 Å². The highest BCUT2D eigenvalue weighted by Gasteiger charge is 2.33. The molecule has 3 rings (SSSR count). The van der Waals surface area contributed by atoms with E-state index in [9.17, 15) is 4.79 Å². The van der Waals surface area contributed by atoms with Crippen LogP contribution in [0.1, 0.15) is 16.7 Å². The van der Waals surface area contributed by atoms with E-state index in [-0.39, 0.29) is 11.2 Å². The highest BCUT2D eigenvalue weighted by molar-refractivity contribution is 8.13. The van der Waals surface area contributed by atoms with Gasteiger partial charge in [0.1, 0.15) is 11.8 Å². The van der Waals surface area contributed by atoms with Crippen LogP contribution in [-0.2, 0) is 4.79 Å². The van der Waals surface area contributed by atoms with Gasteiger partial charge in [-0.25, -0.2) is 5.01 Å². The summed E-state index contributed by atoms with van der Waals surface area (Å²) in [4.78, 5) is 15.0. The van der Waals surface area contributed by atoms with E-state index >= 15 is 0 Å². The van der Waals surface area contributed by atoms with Crippen molar-refractivity contribution in [1.82, 2.24) is 5.01 Å². The first kappa shape index (κ1) is 20.6. The molecule has 0 aliphatic carbocycles. The molecule has 1 unspecified atom stereocenters. The molecule has 0 spiro atoms. The second kappa shape index (κ2) is 8.88. The van der Waals surface area contributed by atoms with Gasteiger partial charge in [-0.1, -0.05) is 29.5 Å². The number of piperazine rings is 1. The molecular formula is C22H29N3O2S. The zero-order chi connectivity index (χ0) is 20.3. The number of anilines is 2. The van der Waals surface area contributed by atoms with Crippen LogP contribution < -0.4 is 15.1 Å². The van der Waals surface area contributed by atoms with Gasteiger partial charge in [-0.05, 0) is 62.4 Å². The third-order valence-electron chi connectivity index (χ3n) is 5.33. The standard InChI is InChI=1S/C22H29N3O2S/c1-15-6-8-18(9-7-15)24-10-11-25(20(14-24)22(26)28-5)23-19-12-16(2)17(3)13-21(19)27-4/h6-9,12-13,20,23H,10-11,14H2,1-5H3.